The molecule has 22 heavy (non-hydrogen) atoms. The summed E-state index contributed by atoms with van der Waals surface area (Å²) in [5, 5.41) is 7.70. The van der Waals surface area contributed by atoms with E-state index in [1.54, 1.807) is 7.11 Å². The van der Waals surface area contributed by atoms with E-state index >= 15 is 0 Å². The maximum absolute atomic E-state index is 12.2. The molecule has 3 rings (SSSR count). The average molecular weight is 296 g/mol. The van der Waals surface area contributed by atoms with E-state index in [2.05, 4.69) is 10.5 Å². The summed E-state index contributed by atoms with van der Waals surface area (Å²) in [5.41, 5.74) is 3.08. The van der Waals surface area contributed by atoms with Gasteiger partial charge in [0.05, 0.1) is 13.0 Å². The average Bonchev–Trinajstić information content (AvgIpc) is 2.91. The zero-order valence-electron chi connectivity index (χ0n) is 12.2. The number of rotatable bonds is 5. The predicted molar refractivity (Wildman–Crippen MR) is 83.5 cm³/mol. The third kappa shape index (κ3) is 3.15. The zero-order chi connectivity index (χ0) is 15.4. The Morgan fingerprint density at radius 1 is 1.23 bits per heavy atom. The molecule has 3 aromatic rings. The fourth-order valence-corrected chi connectivity index (χ4v) is 2.33. The van der Waals surface area contributed by atoms with Crippen LogP contribution in [0, 0.1) is 0 Å². The van der Waals surface area contributed by atoms with Gasteiger partial charge < -0.3 is 14.6 Å². The molecule has 0 radical (unpaired) electrons. The van der Waals surface area contributed by atoms with Crippen LogP contribution in [0.15, 0.2) is 53.1 Å². The summed E-state index contributed by atoms with van der Waals surface area (Å²) in [6.07, 6.45) is 0.172. The largest absolute Gasteiger partial charge is 0.380 e. The molecule has 2 aromatic carbocycles. The van der Waals surface area contributed by atoms with Crippen LogP contribution in [-0.2, 0) is 22.6 Å². The molecule has 0 aliphatic rings. The van der Waals surface area contributed by atoms with Crippen LogP contribution in [-0.4, -0.2) is 18.2 Å². The third-order valence-electron chi connectivity index (χ3n) is 3.30. The molecule has 1 amide bonds. The summed E-state index contributed by atoms with van der Waals surface area (Å²) in [6, 6.07) is 15.1. The number of hydrogen-bond donors (Lipinski definition) is 1. The Morgan fingerprint density at radius 2 is 2.09 bits per heavy atom. The first-order chi connectivity index (χ1) is 10.8. The standard InChI is InChI=1S/C17H16N2O3/c1-21-11-12-5-4-6-13(9-12)18-17(20)10-15-14-7-2-3-8-16(14)22-19-15/h2-9H,10-11H2,1H3,(H,18,20). The monoisotopic (exact) mass is 296 g/mol. The molecule has 0 spiro atoms. The lowest BCUT2D eigenvalue weighted by Crippen LogP contribution is -2.14. The normalized spacial score (nSPS) is 10.8. The lowest BCUT2D eigenvalue weighted by Gasteiger charge is -2.06. The summed E-state index contributed by atoms with van der Waals surface area (Å²) in [7, 11) is 1.64. The second kappa shape index (κ2) is 6.41. The van der Waals surface area contributed by atoms with Crippen molar-refractivity contribution >= 4 is 22.6 Å². The first-order valence-corrected chi connectivity index (χ1v) is 6.97. The number of methoxy groups -OCH3 is 1. The van der Waals surface area contributed by atoms with Crippen molar-refractivity contribution in [2.24, 2.45) is 0 Å². The van der Waals surface area contributed by atoms with Crippen LogP contribution < -0.4 is 5.32 Å². The maximum Gasteiger partial charge on any atom is 0.230 e. The van der Waals surface area contributed by atoms with Gasteiger partial charge in [-0.05, 0) is 29.8 Å². The first-order valence-electron chi connectivity index (χ1n) is 6.97. The number of amides is 1. The molecule has 0 aliphatic heterocycles. The van der Waals surface area contributed by atoms with Crippen LogP contribution in [0.25, 0.3) is 11.0 Å². The van der Waals surface area contributed by atoms with Crippen molar-refractivity contribution in [1.29, 1.82) is 0 Å². The third-order valence-corrected chi connectivity index (χ3v) is 3.30. The van der Waals surface area contributed by atoms with E-state index in [4.69, 9.17) is 9.26 Å². The Kier molecular flexibility index (Phi) is 4.16. The summed E-state index contributed by atoms with van der Waals surface area (Å²) in [4.78, 5) is 12.2. The van der Waals surface area contributed by atoms with Gasteiger partial charge in [-0.15, -0.1) is 0 Å². The number of fused-ring (bicyclic) bond motifs is 1. The second-order valence-corrected chi connectivity index (χ2v) is 4.98. The van der Waals surface area contributed by atoms with E-state index < -0.39 is 0 Å². The zero-order valence-corrected chi connectivity index (χ0v) is 12.2. The molecule has 5 heteroatoms. The highest BCUT2D eigenvalue weighted by Crippen LogP contribution is 2.19. The van der Waals surface area contributed by atoms with Crippen molar-refractivity contribution in [2.75, 3.05) is 12.4 Å². The van der Waals surface area contributed by atoms with Crippen molar-refractivity contribution in [3.8, 4) is 0 Å². The number of ether oxygens (including phenoxy) is 1. The molecule has 5 nitrogen and oxygen atoms in total. The number of carbonyl (C=O) groups is 1. The predicted octanol–water partition coefficient (Wildman–Crippen LogP) is 3.16. The van der Waals surface area contributed by atoms with Gasteiger partial charge >= 0.3 is 0 Å². The van der Waals surface area contributed by atoms with Crippen molar-refractivity contribution < 1.29 is 14.1 Å². The Bertz CT molecular complexity index is 795. The minimum absolute atomic E-state index is 0.131. The van der Waals surface area contributed by atoms with Gasteiger partial charge in [0, 0.05) is 18.2 Å². The fraction of sp³-hybridized carbons (Fsp3) is 0.176. The molecule has 1 aromatic heterocycles. The minimum atomic E-state index is -0.131. The van der Waals surface area contributed by atoms with E-state index in [0.717, 1.165) is 16.6 Å². The van der Waals surface area contributed by atoms with Crippen LogP contribution in [0.2, 0.25) is 0 Å². The minimum Gasteiger partial charge on any atom is -0.380 e. The molecule has 0 atom stereocenters. The molecular weight excluding hydrogens is 280 g/mol. The summed E-state index contributed by atoms with van der Waals surface area (Å²) in [6.45, 7) is 0.512. The van der Waals surface area contributed by atoms with Gasteiger partial charge in [-0.2, -0.15) is 0 Å². The van der Waals surface area contributed by atoms with E-state index in [1.165, 1.54) is 0 Å². The van der Waals surface area contributed by atoms with Crippen molar-refractivity contribution in [3.63, 3.8) is 0 Å². The number of carbonyl (C=O) groups excluding carboxylic acids is 1. The van der Waals surface area contributed by atoms with E-state index in [1.807, 2.05) is 48.5 Å². The molecule has 0 unspecified atom stereocenters. The highest BCUT2D eigenvalue weighted by atomic mass is 16.5. The van der Waals surface area contributed by atoms with Crippen molar-refractivity contribution in [1.82, 2.24) is 5.16 Å². The quantitative estimate of drug-likeness (QED) is 0.785. The highest BCUT2D eigenvalue weighted by Gasteiger charge is 2.12. The molecule has 0 saturated heterocycles. The van der Waals surface area contributed by atoms with Gasteiger partial charge in [0.1, 0.15) is 5.69 Å². The molecular formula is C17H16N2O3. The number of aromatic nitrogens is 1. The van der Waals surface area contributed by atoms with E-state index in [0.29, 0.717) is 17.9 Å². The van der Waals surface area contributed by atoms with Gasteiger partial charge in [-0.25, -0.2) is 0 Å². The summed E-state index contributed by atoms with van der Waals surface area (Å²) >= 11 is 0. The van der Waals surface area contributed by atoms with Crippen LogP contribution in [0.1, 0.15) is 11.3 Å². The molecule has 1 N–H and O–H groups in total. The Labute approximate surface area is 127 Å². The summed E-state index contributed by atoms with van der Waals surface area (Å²) < 4.78 is 10.3. The summed E-state index contributed by atoms with van der Waals surface area (Å²) in [5.74, 6) is -0.131. The fourth-order valence-electron chi connectivity index (χ4n) is 2.33. The van der Waals surface area contributed by atoms with Gasteiger partial charge in [0.2, 0.25) is 5.91 Å². The lowest BCUT2D eigenvalue weighted by atomic mass is 10.1. The van der Waals surface area contributed by atoms with Gasteiger partial charge in [-0.3, -0.25) is 4.79 Å². The molecule has 0 bridgehead atoms. The van der Waals surface area contributed by atoms with E-state index in [9.17, 15) is 4.79 Å². The van der Waals surface area contributed by atoms with Crippen LogP contribution >= 0.6 is 0 Å². The molecule has 0 fully saturated rings. The van der Waals surface area contributed by atoms with Crippen molar-refractivity contribution in [3.05, 3.63) is 59.8 Å². The van der Waals surface area contributed by atoms with Gasteiger partial charge in [-0.1, -0.05) is 29.4 Å². The topological polar surface area (TPSA) is 64.4 Å². The smallest absolute Gasteiger partial charge is 0.230 e. The molecule has 112 valence electrons. The number of hydrogen-bond acceptors (Lipinski definition) is 4. The van der Waals surface area contributed by atoms with Crippen molar-refractivity contribution in [2.45, 2.75) is 13.0 Å². The molecule has 1 heterocycles. The second-order valence-electron chi connectivity index (χ2n) is 4.98. The van der Waals surface area contributed by atoms with Gasteiger partial charge in [0.25, 0.3) is 0 Å². The maximum atomic E-state index is 12.2. The highest BCUT2D eigenvalue weighted by molar-refractivity contribution is 5.94. The number of anilines is 1. The van der Waals surface area contributed by atoms with Crippen LogP contribution in [0.5, 0.6) is 0 Å². The number of nitrogens with one attached hydrogen (secondary N) is 1. The van der Waals surface area contributed by atoms with Crippen LogP contribution in [0.4, 0.5) is 5.69 Å². The Balaban J connectivity index is 1.71. The molecule has 0 aliphatic carbocycles. The first kappa shape index (κ1) is 14.3. The number of nitrogens with zero attached hydrogens (tertiary/aromatic N) is 1. The van der Waals surface area contributed by atoms with Crippen LogP contribution in [0.3, 0.4) is 0 Å². The van der Waals surface area contributed by atoms with E-state index in [-0.39, 0.29) is 12.3 Å². The SMILES string of the molecule is COCc1cccc(NC(=O)Cc2noc3ccccc23)c1. The Hall–Kier alpha value is -2.66. The van der Waals surface area contributed by atoms with Gasteiger partial charge in [0.15, 0.2) is 5.58 Å². The number of benzene rings is 2. The Morgan fingerprint density at radius 3 is 2.95 bits per heavy atom. The lowest BCUT2D eigenvalue weighted by molar-refractivity contribution is -0.115. The molecule has 0 saturated carbocycles. The number of para-hydroxylation sites is 1.